The summed E-state index contributed by atoms with van der Waals surface area (Å²) in [6.45, 7) is 6.47. The van der Waals surface area contributed by atoms with Crippen LogP contribution in [0.4, 0.5) is 0 Å². The third-order valence-corrected chi connectivity index (χ3v) is 6.81. The maximum Gasteiger partial charge on any atom is 0.243 e. The van der Waals surface area contributed by atoms with Crippen LogP contribution >= 0.6 is 11.8 Å². The Bertz CT molecular complexity index is 1060. The molecule has 0 fully saturated rings. The molecule has 0 bridgehead atoms. The zero-order valence-electron chi connectivity index (χ0n) is 20.2. The molecule has 0 radical (unpaired) electrons. The molecule has 2 amide bonds. The Morgan fingerprint density at radius 2 is 1.56 bits per heavy atom. The van der Waals surface area contributed by atoms with Crippen LogP contribution in [0.2, 0.25) is 0 Å². The van der Waals surface area contributed by atoms with E-state index < -0.39 is 6.04 Å². The van der Waals surface area contributed by atoms with Crippen LogP contribution in [-0.2, 0) is 22.6 Å². The van der Waals surface area contributed by atoms with Crippen molar-refractivity contribution in [3.8, 4) is 0 Å². The first-order valence-electron chi connectivity index (χ1n) is 11.8. The number of amides is 2. The van der Waals surface area contributed by atoms with Gasteiger partial charge in [0.25, 0.3) is 0 Å². The largest absolute Gasteiger partial charge is 0.352 e. The van der Waals surface area contributed by atoms with E-state index in [4.69, 9.17) is 0 Å². The Balaban J connectivity index is 1.91. The van der Waals surface area contributed by atoms with Gasteiger partial charge < -0.3 is 10.2 Å². The second-order valence-electron chi connectivity index (χ2n) is 8.64. The Morgan fingerprint density at radius 1 is 0.912 bits per heavy atom. The van der Waals surface area contributed by atoms with Gasteiger partial charge in [0.15, 0.2) is 0 Å². The quantitative estimate of drug-likeness (QED) is 0.366. The molecule has 178 valence electrons. The summed E-state index contributed by atoms with van der Waals surface area (Å²) in [4.78, 5) is 29.9. The number of aryl methyl sites for hydroxylation is 1. The first-order chi connectivity index (χ1) is 16.5. The van der Waals surface area contributed by atoms with Gasteiger partial charge in [0, 0.05) is 23.9 Å². The Hall–Kier alpha value is -3.05. The van der Waals surface area contributed by atoms with Crippen LogP contribution in [0.3, 0.4) is 0 Å². The number of hydrogen-bond donors (Lipinski definition) is 1. The second-order valence-corrected chi connectivity index (χ2v) is 9.68. The fourth-order valence-electron chi connectivity index (χ4n) is 3.75. The van der Waals surface area contributed by atoms with E-state index in [0.29, 0.717) is 13.0 Å². The van der Waals surface area contributed by atoms with Crippen molar-refractivity contribution in [2.75, 3.05) is 5.75 Å². The maximum absolute atomic E-state index is 13.6. The Morgan fingerprint density at radius 3 is 2.21 bits per heavy atom. The van der Waals surface area contributed by atoms with Crippen molar-refractivity contribution in [1.29, 1.82) is 0 Å². The highest BCUT2D eigenvalue weighted by molar-refractivity contribution is 8.00. The van der Waals surface area contributed by atoms with Crippen LogP contribution < -0.4 is 5.32 Å². The predicted octanol–water partition coefficient (Wildman–Crippen LogP) is 5.64. The lowest BCUT2D eigenvalue weighted by molar-refractivity contribution is -0.139. The fourth-order valence-corrected chi connectivity index (χ4v) is 4.55. The topological polar surface area (TPSA) is 49.4 Å². The van der Waals surface area contributed by atoms with Crippen molar-refractivity contribution in [2.45, 2.75) is 57.1 Å². The van der Waals surface area contributed by atoms with Crippen LogP contribution in [0.25, 0.3) is 0 Å². The summed E-state index contributed by atoms with van der Waals surface area (Å²) in [5.74, 6) is 0.122. The van der Waals surface area contributed by atoms with Crippen LogP contribution in [0, 0.1) is 6.92 Å². The minimum atomic E-state index is -0.596. The number of hydrogen-bond acceptors (Lipinski definition) is 3. The number of thioether (sulfide) groups is 1. The van der Waals surface area contributed by atoms with Gasteiger partial charge in [-0.1, -0.05) is 85.3 Å². The molecule has 0 heterocycles. The summed E-state index contributed by atoms with van der Waals surface area (Å²) >= 11 is 1.50. The predicted molar refractivity (Wildman–Crippen MR) is 141 cm³/mol. The molecule has 3 rings (SSSR count). The molecule has 0 aliphatic rings. The first-order valence-corrected chi connectivity index (χ1v) is 12.8. The van der Waals surface area contributed by atoms with Gasteiger partial charge in [0.05, 0.1) is 5.75 Å². The molecule has 34 heavy (non-hydrogen) atoms. The van der Waals surface area contributed by atoms with E-state index in [1.54, 1.807) is 4.90 Å². The highest BCUT2D eigenvalue weighted by Crippen LogP contribution is 2.21. The summed E-state index contributed by atoms with van der Waals surface area (Å²) < 4.78 is 0. The van der Waals surface area contributed by atoms with E-state index in [0.717, 1.165) is 28.0 Å². The molecule has 0 saturated heterocycles. The molecule has 5 heteroatoms. The molecular weight excluding hydrogens is 440 g/mol. The molecule has 0 spiro atoms. The highest BCUT2D eigenvalue weighted by Gasteiger charge is 2.31. The Labute approximate surface area is 207 Å². The van der Waals surface area contributed by atoms with Gasteiger partial charge in [-0.15, -0.1) is 11.8 Å². The lowest BCUT2D eigenvalue weighted by atomic mass is 10.0. The van der Waals surface area contributed by atoms with E-state index in [9.17, 15) is 9.59 Å². The molecule has 0 unspecified atom stereocenters. The van der Waals surface area contributed by atoms with E-state index in [1.807, 2.05) is 99.6 Å². The number of nitrogens with one attached hydrogen (secondary N) is 1. The Kier molecular flexibility index (Phi) is 9.77. The standard InChI is InChI=1S/C29H34N2O2S/c1-4-23(3)30-29(33)27(19-24-13-7-5-8-14-24)31(20-25-15-11-12-22(2)18-25)28(32)21-34-26-16-9-6-10-17-26/h5-18,23,27H,4,19-21H2,1-3H3,(H,30,33)/t23-,27+/m1/s1. The smallest absolute Gasteiger partial charge is 0.243 e. The lowest BCUT2D eigenvalue weighted by Gasteiger charge is -2.32. The van der Waals surface area contributed by atoms with Crippen LogP contribution in [-0.4, -0.2) is 34.6 Å². The number of nitrogens with zero attached hydrogens (tertiary/aromatic N) is 1. The van der Waals surface area contributed by atoms with E-state index in [2.05, 4.69) is 11.4 Å². The van der Waals surface area contributed by atoms with Gasteiger partial charge in [0.2, 0.25) is 11.8 Å². The lowest BCUT2D eigenvalue weighted by Crippen LogP contribution is -2.52. The van der Waals surface area contributed by atoms with Crippen LogP contribution in [0.5, 0.6) is 0 Å². The summed E-state index contributed by atoms with van der Waals surface area (Å²) in [6.07, 6.45) is 1.30. The first kappa shape index (κ1) is 25.6. The molecule has 0 saturated carbocycles. The molecule has 3 aromatic carbocycles. The summed E-state index contributed by atoms with van der Waals surface area (Å²) in [7, 11) is 0. The molecular formula is C29H34N2O2S. The summed E-state index contributed by atoms with van der Waals surface area (Å²) in [5.41, 5.74) is 3.18. The van der Waals surface area contributed by atoms with Crippen molar-refractivity contribution in [3.63, 3.8) is 0 Å². The molecule has 0 aromatic heterocycles. The van der Waals surface area contributed by atoms with E-state index >= 15 is 0 Å². The van der Waals surface area contributed by atoms with Crippen LogP contribution in [0.15, 0.2) is 89.8 Å². The monoisotopic (exact) mass is 474 g/mol. The minimum Gasteiger partial charge on any atom is -0.352 e. The number of rotatable bonds is 11. The third kappa shape index (κ3) is 7.77. The molecule has 1 N–H and O–H groups in total. The van der Waals surface area contributed by atoms with Crippen molar-refractivity contribution < 1.29 is 9.59 Å². The zero-order valence-corrected chi connectivity index (χ0v) is 21.1. The van der Waals surface area contributed by atoms with Gasteiger partial charge in [-0.2, -0.15) is 0 Å². The van der Waals surface area contributed by atoms with Crippen molar-refractivity contribution in [2.24, 2.45) is 0 Å². The molecule has 0 aliphatic carbocycles. The van der Waals surface area contributed by atoms with Crippen LogP contribution in [0.1, 0.15) is 37.0 Å². The summed E-state index contributed by atoms with van der Waals surface area (Å²) in [6, 6.07) is 27.4. The molecule has 4 nitrogen and oxygen atoms in total. The normalized spacial score (nSPS) is 12.6. The van der Waals surface area contributed by atoms with Gasteiger partial charge >= 0.3 is 0 Å². The number of carbonyl (C=O) groups excluding carboxylic acids is 2. The minimum absolute atomic E-state index is 0.0420. The average molecular weight is 475 g/mol. The van der Waals surface area contributed by atoms with Crippen molar-refractivity contribution in [3.05, 3.63) is 102 Å². The van der Waals surface area contributed by atoms with E-state index in [1.165, 1.54) is 11.8 Å². The molecule has 3 aromatic rings. The average Bonchev–Trinajstić information content (AvgIpc) is 2.85. The molecule has 0 aliphatic heterocycles. The van der Waals surface area contributed by atoms with E-state index in [-0.39, 0.29) is 23.6 Å². The maximum atomic E-state index is 13.6. The fraction of sp³-hybridized carbons (Fsp3) is 0.310. The SMILES string of the molecule is CC[C@@H](C)NC(=O)[C@H](Cc1ccccc1)N(Cc1cccc(C)c1)C(=O)CSc1ccccc1. The number of carbonyl (C=O) groups is 2. The van der Waals surface area contributed by atoms with Crippen molar-refractivity contribution in [1.82, 2.24) is 10.2 Å². The van der Waals surface area contributed by atoms with Gasteiger partial charge in [-0.25, -0.2) is 0 Å². The van der Waals surface area contributed by atoms with Gasteiger partial charge in [0.1, 0.15) is 6.04 Å². The number of benzene rings is 3. The zero-order chi connectivity index (χ0) is 24.3. The van der Waals surface area contributed by atoms with Gasteiger partial charge in [-0.3, -0.25) is 9.59 Å². The molecule has 2 atom stereocenters. The highest BCUT2D eigenvalue weighted by atomic mass is 32.2. The van der Waals surface area contributed by atoms with Gasteiger partial charge in [-0.05, 0) is 43.5 Å². The summed E-state index contributed by atoms with van der Waals surface area (Å²) in [5, 5.41) is 3.12. The second kappa shape index (κ2) is 13.0. The van der Waals surface area contributed by atoms with Crippen molar-refractivity contribution >= 4 is 23.6 Å². The third-order valence-electron chi connectivity index (χ3n) is 5.81.